The molecule has 4 rings (SSSR count). The van der Waals surface area contributed by atoms with Gasteiger partial charge in [-0.1, -0.05) is 12.1 Å². The number of nitro benzene ring substituents is 1. The zero-order valence-electron chi connectivity index (χ0n) is 16.3. The van der Waals surface area contributed by atoms with Gasteiger partial charge in [-0.05, 0) is 25.1 Å². The first-order valence-electron chi connectivity index (χ1n) is 9.25. The first kappa shape index (κ1) is 20.2. The van der Waals surface area contributed by atoms with Crippen LogP contribution in [0.3, 0.4) is 0 Å². The monoisotopic (exact) mass is 436 g/mol. The summed E-state index contributed by atoms with van der Waals surface area (Å²) in [6, 6.07) is 10.5. The van der Waals surface area contributed by atoms with Crippen molar-refractivity contribution >= 4 is 39.5 Å². The van der Waals surface area contributed by atoms with Crippen LogP contribution >= 0.6 is 11.3 Å². The number of non-ortho nitro benzene ring substituents is 1. The number of imidazole rings is 1. The van der Waals surface area contributed by atoms with Gasteiger partial charge < -0.3 is 10.1 Å². The van der Waals surface area contributed by atoms with E-state index in [0.29, 0.717) is 5.69 Å². The van der Waals surface area contributed by atoms with Crippen LogP contribution in [0, 0.1) is 10.1 Å². The molecule has 0 aliphatic carbocycles. The fourth-order valence-corrected chi connectivity index (χ4v) is 3.67. The molecule has 0 saturated carbocycles. The molecule has 2 aromatic carbocycles. The molecule has 10 heteroatoms. The quantitative estimate of drug-likeness (QED) is 0.272. The number of nitro groups is 1. The second-order valence-corrected chi connectivity index (χ2v) is 7.37. The van der Waals surface area contributed by atoms with Crippen LogP contribution in [0.2, 0.25) is 0 Å². The molecular weight excluding hydrogens is 420 g/mol. The van der Waals surface area contributed by atoms with E-state index in [1.165, 1.54) is 17.4 Å². The van der Waals surface area contributed by atoms with Gasteiger partial charge in [0.15, 0.2) is 4.96 Å². The van der Waals surface area contributed by atoms with Crippen molar-refractivity contribution in [3.8, 4) is 11.3 Å². The van der Waals surface area contributed by atoms with Crippen molar-refractivity contribution in [2.45, 2.75) is 6.92 Å². The number of rotatable bonds is 6. The second kappa shape index (κ2) is 8.36. The normalized spacial score (nSPS) is 10.7. The van der Waals surface area contributed by atoms with Gasteiger partial charge in [-0.2, -0.15) is 0 Å². The number of carbonyl (C=O) groups excluding carboxylic acids is 2. The third kappa shape index (κ3) is 4.28. The molecule has 0 aliphatic rings. The van der Waals surface area contributed by atoms with Crippen LogP contribution in [-0.2, 0) is 4.74 Å². The van der Waals surface area contributed by atoms with Gasteiger partial charge >= 0.3 is 5.97 Å². The predicted molar refractivity (Wildman–Crippen MR) is 116 cm³/mol. The number of nitrogens with zero attached hydrogens (tertiary/aromatic N) is 3. The minimum atomic E-state index is -0.732. The number of fused-ring (bicyclic) bond motifs is 1. The summed E-state index contributed by atoms with van der Waals surface area (Å²) in [4.78, 5) is 40.6. The predicted octanol–water partition coefficient (Wildman–Crippen LogP) is 4.40. The fourth-order valence-electron chi connectivity index (χ4n) is 2.97. The lowest BCUT2D eigenvalue weighted by molar-refractivity contribution is -0.384. The summed E-state index contributed by atoms with van der Waals surface area (Å²) in [6.07, 6.45) is 3.84. The summed E-state index contributed by atoms with van der Waals surface area (Å²) in [5.74, 6) is -1.31. The molecule has 2 heterocycles. The maximum absolute atomic E-state index is 12.7. The Kier molecular flexibility index (Phi) is 5.46. The topological polar surface area (TPSA) is 116 Å². The summed E-state index contributed by atoms with van der Waals surface area (Å²) in [5.41, 5.74) is 1.74. The number of nitrogens with one attached hydrogen (secondary N) is 1. The van der Waals surface area contributed by atoms with Gasteiger partial charge in [0.25, 0.3) is 11.6 Å². The van der Waals surface area contributed by atoms with Crippen LogP contribution in [0.25, 0.3) is 16.2 Å². The van der Waals surface area contributed by atoms with Crippen LogP contribution in [-0.4, -0.2) is 32.8 Å². The van der Waals surface area contributed by atoms with Crippen molar-refractivity contribution in [3.05, 3.63) is 81.5 Å². The Morgan fingerprint density at radius 1 is 1.19 bits per heavy atom. The van der Waals surface area contributed by atoms with Crippen LogP contribution in [0.1, 0.15) is 27.6 Å². The maximum Gasteiger partial charge on any atom is 0.338 e. The summed E-state index contributed by atoms with van der Waals surface area (Å²) >= 11 is 1.54. The molecule has 31 heavy (non-hydrogen) atoms. The number of esters is 1. The highest BCUT2D eigenvalue weighted by molar-refractivity contribution is 7.15. The van der Waals surface area contributed by atoms with Gasteiger partial charge in [-0.15, -0.1) is 11.3 Å². The number of amides is 1. The van der Waals surface area contributed by atoms with E-state index < -0.39 is 16.8 Å². The molecule has 0 saturated heterocycles. The number of benzene rings is 2. The number of ether oxygens (including phenoxy) is 1. The first-order chi connectivity index (χ1) is 14.9. The van der Waals surface area contributed by atoms with Gasteiger partial charge in [0.2, 0.25) is 0 Å². The molecule has 0 unspecified atom stereocenters. The number of carbonyl (C=O) groups is 2. The van der Waals surface area contributed by atoms with E-state index in [0.717, 1.165) is 28.4 Å². The van der Waals surface area contributed by atoms with Crippen molar-refractivity contribution in [1.82, 2.24) is 9.38 Å². The SMILES string of the molecule is CCOC(=O)c1cc(C(=O)Nc2ccc(-c3cn4ccsc4n3)cc2)cc([N+](=O)[O-])c1. The first-order valence-corrected chi connectivity index (χ1v) is 10.1. The van der Waals surface area contributed by atoms with E-state index in [-0.39, 0.29) is 23.4 Å². The van der Waals surface area contributed by atoms with E-state index >= 15 is 0 Å². The Morgan fingerprint density at radius 2 is 1.94 bits per heavy atom. The number of thiazole rings is 1. The van der Waals surface area contributed by atoms with E-state index in [1.54, 1.807) is 19.1 Å². The highest BCUT2D eigenvalue weighted by atomic mass is 32.1. The second-order valence-electron chi connectivity index (χ2n) is 6.50. The van der Waals surface area contributed by atoms with Crippen LogP contribution in [0.5, 0.6) is 0 Å². The third-order valence-electron chi connectivity index (χ3n) is 4.43. The molecule has 0 aliphatic heterocycles. The number of hydrogen-bond acceptors (Lipinski definition) is 7. The van der Waals surface area contributed by atoms with E-state index in [4.69, 9.17) is 4.74 Å². The van der Waals surface area contributed by atoms with Gasteiger partial charge in [0, 0.05) is 46.7 Å². The third-order valence-corrected chi connectivity index (χ3v) is 5.20. The lowest BCUT2D eigenvalue weighted by Crippen LogP contribution is -2.14. The zero-order valence-corrected chi connectivity index (χ0v) is 17.1. The van der Waals surface area contributed by atoms with Crippen molar-refractivity contribution in [1.29, 1.82) is 0 Å². The summed E-state index contributed by atoms with van der Waals surface area (Å²) < 4.78 is 6.82. The Bertz CT molecular complexity index is 1260. The lowest BCUT2D eigenvalue weighted by atomic mass is 10.1. The molecule has 4 aromatic rings. The Labute approximate surface area is 180 Å². The van der Waals surface area contributed by atoms with Crippen molar-refractivity contribution < 1.29 is 19.2 Å². The molecule has 156 valence electrons. The summed E-state index contributed by atoms with van der Waals surface area (Å²) in [5, 5.41) is 15.8. The lowest BCUT2D eigenvalue weighted by Gasteiger charge is -2.08. The van der Waals surface area contributed by atoms with E-state index in [9.17, 15) is 19.7 Å². The van der Waals surface area contributed by atoms with Crippen molar-refractivity contribution in [2.24, 2.45) is 0 Å². The zero-order chi connectivity index (χ0) is 22.0. The molecule has 0 atom stereocenters. The van der Waals surface area contributed by atoms with E-state index in [1.807, 2.05) is 34.3 Å². The standard InChI is InChI=1S/C21H16N4O5S/c1-2-30-20(27)15-9-14(10-17(11-15)25(28)29)19(26)22-16-5-3-13(4-6-16)18-12-24-7-8-31-21(24)23-18/h3-12H,2H2,1H3,(H,22,26). The van der Waals surface area contributed by atoms with Gasteiger partial charge in [-0.3, -0.25) is 19.3 Å². The number of aromatic nitrogens is 2. The molecule has 9 nitrogen and oxygen atoms in total. The highest BCUT2D eigenvalue weighted by Gasteiger charge is 2.19. The van der Waals surface area contributed by atoms with Crippen molar-refractivity contribution in [3.63, 3.8) is 0 Å². The average molecular weight is 436 g/mol. The molecule has 0 fully saturated rings. The minimum Gasteiger partial charge on any atom is -0.462 e. The summed E-state index contributed by atoms with van der Waals surface area (Å²) in [6.45, 7) is 1.74. The van der Waals surface area contributed by atoms with Gasteiger partial charge in [-0.25, -0.2) is 9.78 Å². The average Bonchev–Trinajstić information content (AvgIpc) is 3.36. The summed E-state index contributed by atoms with van der Waals surface area (Å²) in [7, 11) is 0. The fraction of sp³-hybridized carbons (Fsp3) is 0.0952. The van der Waals surface area contributed by atoms with Crippen LogP contribution in [0.15, 0.2) is 60.2 Å². The molecule has 1 amide bonds. The maximum atomic E-state index is 12.7. The van der Waals surface area contributed by atoms with Crippen LogP contribution in [0.4, 0.5) is 11.4 Å². The number of hydrogen-bond donors (Lipinski definition) is 1. The van der Waals surface area contributed by atoms with E-state index in [2.05, 4.69) is 10.3 Å². The number of anilines is 1. The Morgan fingerprint density at radius 3 is 2.61 bits per heavy atom. The smallest absolute Gasteiger partial charge is 0.338 e. The molecule has 0 bridgehead atoms. The molecule has 1 N–H and O–H groups in total. The Balaban J connectivity index is 1.55. The van der Waals surface area contributed by atoms with Crippen molar-refractivity contribution in [2.75, 3.05) is 11.9 Å². The molecular formula is C21H16N4O5S. The molecule has 0 radical (unpaired) electrons. The van der Waals surface area contributed by atoms with Crippen LogP contribution < -0.4 is 5.32 Å². The van der Waals surface area contributed by atoms with Gasteiger partial charge in [0.05, 0.1) is 22.8 Å². The Hall–Kier alpha value is -4.05. The molecule has 2 aromatic heterocycles. The largest absolute Gasteiger partial charge is 0.462 e. The minimum absolute atomic E-state index is 0.0179. The van der Waals surface area contributed by atoms with Gasteiger partial charge in [0.1, 0.15) is 0 Å². The molecule has 0 spiro atoms. The highest BCUT2D eigenvalue weighted by Crippen LogP contribution is 2.24.